The van der Waals surface area contributed by atoms with E-state index in [-0.39, 0.29) is 11.6 Å². The summed E-state index contributed by atoms with van der Waals surface area (Å²) in [5.74, 6) is -1.36. The van der Waals surface area contributed by atoms with E-state index in [2.05, 4.69) is 35.9 Å². The van der Waals surface area contributed by atoms with Gasteiger partial charge in [-0.1, -0.05) is 6.07 Å². The van der Waals surface area contributed by atoms with E-state index in [1.165, 1.54) is 19.4 Å². The number of halogens is 3. The molecule has 2 N–H and O–H groups in total. The Kier molecular flexibility index (Phi) is 6.67. The molecule has 0 spiro atoms. The predicted molar refractivity (Wildman–Crippen MR) is 131 cm³/mol. The molecule has 4 rings (SSSR count). The zero-order chi connectivity index (χ0) is 24.5. The lowest BCUT2D eigenvalue weighted by Gasteiger charge is -2.14. The number of anilines is 2. The Labute approximate surface area is 203 Å². The van der Waals surface area contributed by atoms with Gasteiger partial charge in [0.05, 0.1) is 17.1 Å². The highest BCUT2D eigenvalue weighted by molar-refractivity contribution is 9.10. The summed E-state index contributed by atoms with van der Waals surface area (Å²) >= 11 is 3.51. The van der Waals surface area contributed by atoms with Gasteiger partial charge in [-0.2, -0.15) is 0 Å². The summed E-state index contributed by atoms with van der Waals surface area (Å²) in [4.78, 5) is 8.08. The molecule has 2 aromatic heterocycles. The largest absolute Gasteiger partial charge is 0.480 e. The second kappa shape index (κ2) is 9.51. The van der Waals surface area contributed by atoms with Crippen LogP contribution >= 0.6 is 15.9 Å². The normalized spacial score (nSPS) is 11.4. The highest BCUT2D eigenvalue weighted by Crippen LogP contribution is 2.33. The van der Waals surface area contributed by atoms with Crippen molar-refractivity contribution in [2.24, 2.45) is 0 Å². The molecular formula is C23H19BrF2N4O3S. The van der Waals surface area contributed by atoms with Gasteiger partial charge in [0, 0.05) is 29.8 Å². The van der Waals surface area contributed by atoms with Gasteiger partial charge in [-0.25, -0.2) is 27.2 Å². The van der Waals surface area contributed by atoms with Crippen LogP contribution in [0, 0.1) is 11.6 Å². The quantitative estimate of drug-likeness (QED) is 0.313. The fourth-order valence-electron chi connectivity index (χ4n) is 3.36. The van der Waals surface area contributed by atoms with Crippen LogP contribution in [-0.2, 0) is 10.0 Å². The number of hydrogen-bond donors (Lipinski definition) is 2. The van der Waals surface area contributed by atoms with Crippen LogP contribution in [0.15, 0.2) is 64.1 Å². The third-order valence-corrected chi connectivity index (χ3v) is 6.92. The average Bonchev–Trinajstić information content (AvgIpc) is 2.79. The zero-order valence-corrected chi connectivity index (χ0v) is 20.5. The number of aromatic nitrogens is 2. The minimum Gasteiger partial charge on any atom is -0.480 e. The minimum atomic E-state index is -4.38. The van der Waals surface area contributed by atoms with Gasteiger partial charge < -0.3 is 10.1 Å². The smallest absolute Gasteiger partial charge is 0.264 e. The standard InChI is InChI=1S/C23H19BrF2N4O3S/c1-3-27-22-17(24)9-14-8-13(4-6-19(14)29-22)15-10-20(23(33-2)28-12-15)30-34(31,32)21-7-5-16(25)11-18(21)26/h4-12,30H,3H2,1-2H3,(H,27,29). The van der Waals surface area contributed by atoms with Gasteiger partial charge >= 0.3 is 0 Å². The first-order valence-corrected chi connectivity index (χ1v) is 12.4. The topological polar surface area (TPSA) is 93.2 Å². The number of methoxy groups -OCH3 is 1. The van der Waals surface area contributed by atoms with Crippen molar-refractivity contribution in [1.29, 1.82) is 0 Å². The van der Waals surface area contributed by atoms with E-state index in [4.69, 9.17) is 4.74 Å². The molecule has 0 saturated heterocycles. The number of ether oxygens (including phenoxy) is 1. The molecule has 0 aliphatic carbocycles. The number of nitrogens with zero attached hydrogens (tertiary/aromatic N) is 2. The maximum atomic E-state index is 14.1. The van der Waals surface area contributed by atoms with Crippen LogP contribution in [0.1, 0.15) is 6.92 Å². The van der Waals surface area contributed by atoms with E-state index in [9.17, 15) is 17.2 Å². The van der Waals surface area contributed by atoms with Crippen LogP contribution in [0.5, 0.6) is 5.88 Å². The Morgan fingerprint density at radius 1 is 1.06 bits per heavy atom. The molecule has 34 heavy (non-hydrogen) atoms. The monoisotopic (exact) mass is 548 g/mol. The molecule has 0 amide bonds. The first-order valence-electron chi connectivity index (χ1n) is 10.1. The van der Waals surface area contributed by atoms with Crippen molar-refractivity contribution < 1.29 is 21.9 Å². The van der Waals surface area contributed by atoms with E-state index < -0.39 is 26.6 Å². The maximum Gasteiger partial charge on any atom is 0.264 e. The first-order chi connectivity index (χ1) is 16.2. The highest BCUT2D eigenvalue weighted by Gasteiger charge is 2.22. The van der Waals surface area contributed by atoms with Gasteiger partial charge in [-0.05, 0) is 64.8 Å². The van der Waals surface area contributed by atoms with Crippen molar-refractivity contribution in [3.8, 4) is 17.0 Å². The van der Waals surface area contributed by atoms with E-state index in [1.807, 2.05) is 31.2 Å². The van der Waals surface area contributed by atoms with Gasteiger partial charge in [0.1, 0.15) is 28.0 Å². The van der Waals surface area contributed by atoms with Crippen molar-refractivity contribution in [2.75, 3.05) is 23.7 Å². The molecule has 0 fully saturated rings. The fraction of sp³-hybridized carbons (Fsp3) is 0.130. The van der Waals surface area contributed by atoms with Crippen LogP contribution in [0.3, 0.4) is 0 Å². The summed E-state index contributed by atoms with van der Waals surface area (Å²) in [5.41, 5.74) is 2.12. The zero-order valence-electron chi connectivity index (χ0n) is 18.1. The highest BCUT2D eigenvalue weighted by atomic mass is 79.9. The van der Waals surface area contributed by atoms with Crippen molar-refractivity contribution in [3.63, 3.8) is 0 Å². The third kappa shape index (κ3) is 4.80. The Hall–Kier alpha value is -3.31. The number of benzene rings is 2. The molecule has 0 aliphatic rings. The van der Waals surface area contributed by atoms with E-state index in [1.54, 1.807) is 0 Å². The fourth-order valence-corrected chi connectivity index (χ4v) is 4.94. The predicted octanol–water partition coefficient (Wildman–Crippen LogP) is 5.58. The molecule has 0 saturated carbocycles. The molecule has 0 unspecified atom stereocenters. The van der Waals surface area contributed by atoms with Gasteiger partial charge in [0.2, 0.25) is 5.88 Å². The van der Waals surface area contributed by atoms with Gasteiger partial charge in [0.25, 0.3) is 10.0 Å². The van der Waals surface area contributed by atoms with E-state index in [0.717, 1.165) is 45.4 Å². The Morgan fingerprint density at radius 3 is 2.56 bits per heavy atom. The third-order valence-electron chi connectivity index (χ3n) is 4.92. The molecule has 0 aliphatic heterocycles. The van der Waals surface area contributed by atoms with Gasteiger partial charge in [-0.3, -0.25) is 4.72 Å². The number of pyridine rings is 2. The van der Waals surface area contributed by atoms with Gasteiger partial charge in [-0.15, -0.1) is 0 Å². The summed E-state index contributed by atoms with van der Waals surface area (Å²) in [6.07, 6.45) is 1.53. The number of fused-ring (bicyclic) bond motifs is 1. The van der Waals surface area contributed by atoms with Crippen molar-refractivity contribution >= 4 is 48.4 Å². The second-order valence-electron chi connectivity index (χ2n) is 7.22. The Balaban J connectivity index is 1.73. The number of nitrogens with one attached hydrogen (secondary N) is 2. The van der Waals surface area contributed by atoms with Crippen LogP contribution in [0.2, 0.25) is 0 Å². The maximum absolute atomic E-state index is 14.1. The molecule has 11 heteroatoms. The van der Waals surface area contributed by atoms with Crippen LogP contribution in [0.25, 0.3) is 22.0 Å². The van der Waals surface area contributed by atoms with Crippen LogP contribution in [0.4, 0.5) is 20.3 Å². The van der Waals surface area contributed by atoms with Crippen molar-refractivity contribution in [2.45, 2.75) is 11.8 Å². The Morgan fingerprint density at radius 2 is 1.85 bits per heavy atom. The van der Waals surface area contributed by atoms with Gasteiger partial charge in [0.15, 0.2) is 0 Å². The molecule has 0 atom stereocenters. The molecule has 176 valence electrons. The Bertz CT molecular complexity index is 1500. The van der Waals surface area contributed by atoms with Crippen LogP contribution < -0.4 is 14.8 Å². The number of rotatable bonds is 7. The summed E-state index contributed by atoms with van der Waals surface area (Å²) in [6.45, 7) is 2.71. The van der Waals surface area contributed by atoms with E-state index >= 15 is 0 Å². The number of sulfonamides is 1. The lowest BCUT2D eigenvalue weighted by atomic mass is 10.0. The molecule has 0 bridgehead atoms. The van der Waals surface area contributed by atoms with E-state index in [0.29, 0.717) is 11.6 Å². The molecule has 0 radical (unpaired) electrons. The van der Waals surface area contributed by atoms with Crippen molar-refractivity contribution in [3.05, 3.63) is 70.8 Å². The lowest BCUT2D eigenvalue weighted by Crippen LogP contribution is -2.15. The summed E-state index contributed by atoms with van der Waals surface area (Å²) in [7, 11) is -3.04. The molecule has 2 heterocycles. The number of hydrogen-bond acceptors (Lipinski definition) is 6. The van der Waals surface area contributed by atoms with Crippen molar-refractivity contribution in [1.82, 2.24) is 9.97 Å². The SMILES string of the molecule is CCNc1nc2ccc(-c3cnc(OC)c(NS(=O)(=O)c4ccc(F)cc4F)c3)cc2cc1Br. The summed E-state index contributed by atoms with van der Waals surface area (Å²) < 4.78 is 61.1. The summed E-state index contributed by atoms with van der Waals surface area (Å²) in [6, 6.07) is 11.3. The molecule has 4 aromatic rings. The minimum absolute atomic E-state index is 0.00433. The lowest BCUT2D eigenvalue weighted by molar-refractivity contribution is 0.400. The molecule has 2 aromatic carbocycles. The first kappa shape index (κ1) is 23.8. The second-order valence-corrected chi connectivity index (χ2v) is 9.72. The molecular weight excluding hydrogens is 530 g/mol. The van der Waals surface area contributed by atoms with Crippen LogP contribution in [-0.4, -0.2) is 32.0 Å². The molecule has 7 nitrogen and oxygen atoms in total. The average molecular weight is 549 g/mol. The summed E-state index contributed by atoms with van der Waals surface area (Å²) in [5, 5.41) is 4.04.